The molecule has 0 bridgehead atoms. The molecule has 2 rings (SSSR count). The van der Waals surface area contributed by atoms with Crippen molar-refractivity contribution in [3.05, 3.63) is 47.3 Å². The fraction of sp³-hybridized carbons (Fsp3) is 0.524. The van der Waals surface area contributed by atoms with Gasteiger partial charge in [-0.15, -0.1) is 0 Å². The molecule has 0 atom stereocenters. The average molecular weight is 373 g/mol. The van der Waals surface area contributed by atoms with Crippen LogP contribution in [0, 0.1) is 6.92 Å². The fourth-order valence-corrected chi connectivity index (χ4v) is 2.43. The minimum absolute atomic E-state index is 0.361. The van der Waals surface area contributed by atoms with E-state index in [1.165, 1.54) is 5.56 Å². The molecule has 0 aliphatic carbocycles. The summed E-state index contributed by atoms with van der Waals surface area (Å²) in [6.07, 6.45) is 2.00. The smallest absolute Gasteiger partial charge is 0.191 e. The van der Waals surface area contributed by atoms with Gasteiger partial charge < -0.3 is 19.9 Å². The molecule has 0 radical (unpaired) electrons. The molecule has 2 aromatic rings. The van der Waals surface area contributed by atoms with Crippen molar-refractivity contribution in [1.29, 1.82) is 0 Å². The van der Waals surface area contributed by atoms with Crippen LogP contribution in [0.4, 0.5) is 0 Å². The van der Waals surface area contributed by atoms with Gasteiger partial charge in [0, 0.05) is 19.2 Å². The summed E-state index contributed by atoms with van der Waals surface area (Å²) in [6, 6.07) is 10.1. The van der Waals surface area contributed by atoms with Crippen LogP contribution in [-0.4, -0.2) is 30.8 Å². The molecule has 0 saturated heterocycles. The molecule has 0 amide bonds. The van der Waals surface area contributed by atoms with Crippen LogP contribution in [0.15, 0.2) is 39.8 Å². The first-order valence-corrected chi connectivity index (χ1v) is 9.75. The number of ether oxygens (including phenoxy) is 1. The van der Waals surface area contributed by atoms with Gasteiger partial charge in [0.25, 0.3) is 0 Å². The molecule has 1 heterocycles. The van der Waals surface area contributed by atoms with Crippen LogP contribution in [0.3, 0.4) is 0 Å². The van der Waals surface area contributed by atoms with E-state index in [2.05, 4.69) is 60.6 Å². The van der Waals surface area contributed by atoms with Gasteiger partial charge in [-0.25, -0.2) is 4.99 Å². The molecule has 1 aromatic carbocycles. The van der Waals surface area contributed by atoms with E-state index < -0.39 is 0 Å². The maximum Gasteiger partial charge on any atom is 0.191 e. The Kier molecular flexibility index (Phi) is 8.68. The lowest BCUT2D eigenvalue weighted by atomic mass is 10.1. The predicted octanol–water partition coefficient (Wildman–Crippen LogP) is 4.02. The van der Waals surface area contributed by atoms with Crippen molar-refractivity contribution in [3.63, 3.8) is 0 Å². The Balaban J connectivity index is 1.67. The van der Waals surface area contributed by atoms with Gasteiger partial charge in [0.15, 0.2) is 11.7 Å². The Morgan fingerprint density at radius 2 is 1.96 bits per heavy atom. The first-order valence-electron chi connectivity index (χ1n) is 9.75. The number of nitrogens with one attached hydrogen (secondary N) is 2. The van der Waals surface area contributed by atoms with Crippen LogP contribution in [0.1, 0.15) is 56.5 Å². The van der Waals surface area contributed by atoms with E-state index in [1.807, 2.05) is 18.2 Å². The Morgan fingerprint density at radius 1 is 1.19 bits per heavy atom. The van der Waals surface area contributed by atoms with Gasteiger partial charge in [0.05, 0.1) is 12.3 Å². The lowest BCUT2D eigenvalue weighted by Crippen LogP contribution is -2.37. The van der Waals surface area contributed by atoms with Gasteiger partial charge >= 0.3 is 0 Å². The second-order valence-electron chi connectivity index (χ2n) is 6.86. The second kappa shape index (κ2) is 11.3. The minimum Gasteiger partial charge on any atom is -0.494 e. The number of aliphatic imine (C=N–C) groups is 1. The standard InChI is InChI=1S/C21H32N4O2/c1-5-22-21(24-15-19-14-20(16(2)3)25-27-19)23-12-6-7-13-26-18-10-8-17(4)9-11-18/h8-11,14,16H,5-7,12-13,15H2,1-4H3,(H2,22,23,24). The van der Waals surface area contributed by atoms with Crippen molar-refractivity contribution in [2.24, 2.45) is 4.99 Å². The van der Waals surface area contributed by atoms with Crippen molar-refractivity contribution in [1.82, 2.24) is 15.8 Å². The Labute approximate surface area is 162 Å². The molecule has 2 N–H and O–H groups in total. The second-order valence-corrected chi connectivity index (χ2v) is 6.86. The third-order valence-electron chi connectivity index (χ3n) is 4.06. The highest BCUT2D eigenvalue weighted by Gasteiger charge is 2.07. The van der Waals surface area contributed by atoms with E-state index in [-0.39, 0.29) is 0 Å². The van der Waals surface area contributed by atoms with E-state index in [4.69, 9.17) is 9.26 Å². The molecule has 6 nitrogen and oxygen atoms in total. The van der Waals surface area contributed by atoms with E-state index in [0.717, 1.165) is 49.1 Å². The van der Waals surface area contributed by atoms with Crippen LogP contribution in [0.2, 0.25) is 0 Å². The monoisotopic (exact) mass is 372 g/mol. The fourth-order valence-electron chi connectivity index (χ4n) is 2.43. The number of guanidine groups is 1. The largest absolute Gasteiger partial charge is 0.494 e. The highest BCUT2D eigenvalue weighted by Crippen LogP contribution is 2.14. The van der Waals surface area contributed by atoms with Crippen molar-refractivity contribution >= 4 is 5.96 Å². The SMILES string of the molecule is CCNC(=NCc1cc(C(C)C)no1)NCCCCOc1ccc(C)cc1. The first kappa shape index (κ1) is 20.8. The highest BCUT2D eigenvalue weighted by atomic mass is 16.5. The topological polar surface area (TPSA) is 71.7 Å². The zero-order valence-electron chi connectivity index (χ0n) is 16.9. The normalized spacial score (nSPS) is 11.7. The molecular weight excluding hydrogens is 340 g/mol. The molecule has 0 aliphatic heterocycles. The molecule has 0 fully saturated rings. The lowest BCUT2D eigenvalue weighted by Gasteiger charge is -2.11. The predicted molar refractivity (Wildman–Crippen MR) is 109 cm³/mol. The van der Waals surface area contributed by atoms with Crippen molar-refractivity contribution in [2.75, 3.05) is 19.7 Å². The summed E-state index contributed by atoms with van der Waals surface area (Å²) < 4.78 is 11.1. The highest BCUT2D eigenvalue weighted by molar-refractivity contribution is 5.79. The lowest BCUT2D eigenvalue weighted by molar-refractivity contribution is 0.307. The molecule has 27 heavy (non-hydrogen) atoms. The molecule has 6 heteroatoms. The van der Waals surface area contributed by atoms with Crippen molar-refractivity contribution in [3.8, 4) is 5.75 Å². The van der Waals surface area contributed by atoms with Gasteiger partial charge in [-0.1, -0.05) is 36.7 Å². The molecule has 0 spiro atoms. The summed E-state index contributed by atoms with van der Waals surface area (Å²) in [5.41, 5.74) is 2.21. The van der Waals surface area contributed by atoms with Gasteiger partial charge in [-0.2, -0.15) is 0 Å². The Morgan fingerprint density at radius 3 is 2.63 bits per heavy atom. The van der Waals surface area contributed by atoms with Crippen molar-refractivity contribution < 1.29 is 9.26 Å². The number of unbranched alkanes of at least 4 members (excludes halogenated alkanes) is 1. The Bertz CT molecular complexity index is 692. The van der Waals surface area contributed by atoms with E-state index in [9.17, 15) is 0 Å². The summed E-state index contributed by atoms with van der Waals surface area (Å²) in [4.78, 5) is 4.56. The Hall–Kier alpha value is -2.50. The number of benzene rings is 1. The molecule has 0 aliphatic rings. The van der Waals surface area contributed by atoms with Gasteiger partial charge in [-0.05, 0) is 44.7 Å². The summed E-state index contributed by atoms with van der Waals surface area (Å²) in [5.74, 6) is 2.86. The maximum atomic E-state index is 5.75. The number of nitrogens with zero attached hydrogens (tertiary/aromatic N) is 2. The van der Waals surface area contributed by atoms with Gasteiger partial charge in [0.1, 0.15) is 12.3 Å². The molecule has 0 saturated carbocycles. The number of hydrogen-bond acceptors (Lipinski definition) is 4. The first-order chi connectivity index (χ1) is 13.1. The van der Waals surface area contributed by atoms with E-state index in [1.54, 1.807) is 0 Å². The van der Waals surface area contributed by atoms with Crippen LogP contribution in [0.5, 0.6) is 5.75 Å². The number of aromatic nitrogens is 1. The number of rotatable bonds is 10. The third-order valence-corrected chi connectivity index (χ3v) is 4.06. The number of aryl methyl sites for hydroxylation is 1. The quantitative estimate of drug-likeness (QED) is 0.374. The molecular formula is C21H32N4O2. The van der Waals surface area contributed by atoms with Crippen molar-refractivity contribution in [2.45, 2.75) is 53.0 Å². The zero-order chi connectivity index (χ0) is 19.5. The van der Waals surface area contributed by atoms with Crippen LogP contribution in [0.25, 0.3) is 0 Å². The van der Waals surface area contributed by atoms with Crippen LogP contribution >= 0.6 is 0 Å². The zero-order valence-corrected chi connectivity index (χ0v) is 16.9. The maximum absolute atomic E-state index is 5.75. The molecule has 0 unspecified atom stereocenters. The summed E-state index contributed by atoms with van der Waals surface area (Å²) >= 11 is 0. The summed E-state index contributed by atoms with van der Waals surface area (Å²) in [7, 11) is 0. The third kappa shape index (κ3) is 7.72. The van der Waals surface area contributed by atoms with Gasteiger partial charge in [-0.3, -0.25) is 0 Å². The minimum atomic E-state index is 0.361. The summed E-state index contributed by atoms with van der Waals surface area (Å²) in [5, 5.41) is 10.7. The van der Waals surface area contributed by atoms with E-state index in [0.29, 0.717) is 19.1 Å². The average Bonchev–Trinajstić information content (AvgIpc) is 3.13. The van der Waals surface area contributed by atoms with Gasteiger partial charge in [0.2, 0.25) is 0 Å². The number of hydrogen-bond donors (Lipinski definition) is 2. The molecule has 148 valence electrons. The van der Waals surface area contributed by atoms with Crippen LogP contribution < -0.4 is 15.4 Å². The van der Waals surface area contributed by atoms with Crippen LogP contribution in [-0.2, 0) is 6.54 Å². The molecule has 1 aromatic heterocycles. The summed E-state index contributed by atoms with van der Waals surface area (Å²) in [6.45, 7) is 11.2. The van der Waals surface area contributed by atoms with E-state index >= 15 is 0 Å².